The zero-order chi connectivity index (χ0) is 63.9. The van der Waals surface area contributed by atoms with Gasteiger partial charge in [0, 0.05) is 96.6 Å². The number of anilines is 2. The highest BCUT2D eigenvalue weighted by Crippen LogP contribution is 2.41. The van der Waals surface area contributed by atoms with Crippen LogP contribution in [0.1, 0.15) is 187 Å². The number of amides is 4. The number of carbonyl (C=O) groups excluding carboxylic acids is 5. The second kappa shape index (κ2) is 37.2. The summed E-state index contributed by atoms with van der Waals surface area (Å²) in [4.78, 5) is 67.1. The molecular formula is C69H107N7O8S4. The van der Waals surface area contributed by atoms with E-state index in [1.54, 1.807) is 0 Å². The number of carbonyl (C=O) groups is 5. The average Bonchev–Trinajstić information content (AvgIpc) is 2.42. The molecule has 0 saturated carbocycles. The second-order valence-corrected chi connectivity index (χ2v) is 31.0. The first-order valence-electron chi connectivity index (χ1n) is 33.1. The first-order chi connectivity index (χ1) is 42.2. The third-order valence-electron chi connectivity index (χ3n) is 17.5. The fraction of sp³-hybridized carbons (Fsp3) is 0.667. The zero-order valence-electron chi connectivity index (χ0n) is 55.1. The second-order valence-electron chi connectivity index (χ2n) is 25.5. The predicted molar refractivity (Wildman–Crippen MR) is 370 cm³/mol. The highest BCUT2D eigenvalue weighted by molar-refractivity contribution is 8.77. The van der Waals surface area contributed by atoms with Crippen LogP contribution in [0.15, 0.2) is 54.6 Å². The Morgan fingerprint density at radius 2 is 1.07 bits per heavy atom. The van der Waals surface area contributed by atoms with Crippen molar-refractivity contribution in [2.24, 2.45) is 29.4 Å². The lowest BCUT2D eigenvalue weighted by Crippen LogP contribution is -2.53. The molecule has 0 aliphatic carbocycles. The summed E-state index contributed by atoms with van der Waals surface area (Å²) in [5, 5.41) is 14.1. The standard InChI is InChI=1S/C26H41N3O3S2.C24H36N2O3S2.C19H30N2O2/c1-5-20-16-19-10-11-21(17-23(19)29(4)25(18(2)3)26(31)28-20)32-14-13-27-24(30)9-7-6-8-22-12-15-33-34-22;1-4-17-13-16-9-10-18(14-20(16)23(25)22(15(2)3)24(28)26-17)29-21(27)8-6-5-7-19-11-12-30-31-19;1-6-10-23-16-9-8-14-11-15(7-2)20-19(22)18(13(3)4)21(5)17(14)12-16/h10-11,17-18,20,22,25H,5-9,12-16H2,1-4H3,(H,27,30)(H,28,31);9-10,14-15,17,19,22-23H,4-8,11-13,25H2,1-3H3,(H,26,28);8-9,12-13,15,18H,6-7,10-11H2,1-5H3,(H,20,22)/t20-,22?,25+;17-,19?,22-,23?;15-,18+/m111/s1. The number of nitrogens with two attached hydrogens (primary N) is 1. The van der Waals surface area contributed by atoms with Crippen molar-refractivity contribution in [3.8, 4) is 17.2 Å². The maximum absolute atomic E-state index is 12.9. The minimum absolute atomic E-state index is 0.0150. The van der Waals surface area contributed by atoms with Gasteiger partial charge in [-0.15, -0.1) is 0 Å². The quantitative estimate of drug-likeness (QED) is 0.0246. The van der Waals surface area contributed by atoms with Crippen molar-refractivity contribution < 1.29 is 38.2 Å². The minimum atomic E-state index is -0.423. The van der Waals surface area contributed by atoms with E-state index in [-0.39, 0.29) is 83.5 Å². The van der Waals surface area contributed by atoms with Crippen LogP contribution >= 0.6 is 43.2 Å². The van der Waals surface area contributed by atoms with Gasteiger partial charge < -0.3 is 51.0 Å². The Hall–Kier alpha value is -4.43. The Morgan fingerprint density at radius 1 is 0.602 bits per heavy atom. The Kier molecular flexibility index (Phi) is 30.7. The number of rotatable bonds is 24. The van der Waals surface area contributed by atoms with E-state index in [9.17, 15) is 24.0 Å². The lowest BCUT2D eigenvalue weighted by Gasteiger charge is -2.37. The molecule has 9 atom stereocenters. The van der Waals surface area contributed by atoms with E-state index in [0.717, 1.165) is 115 Å². The number of benzene rings is 3. The van der Waals surface area contributed by atoms with Gasteiger partial charge >= 0.3 is 5.97 Å². The van der Waals surface area contributed by atoms with E-state index in [4.69, 9.17) is 19.9 Å². The molecule has 8 rings (SSSR count). The van der Waals surface area contributed by atoms with Crippen LogP contribution in [-0.4, -0.2) is 116 Å². The number of fused-ring (bicyclic) bond motifs is 3. The van der Waals surface area contributed by atoms with Crippen molar-refractivity contribution in [1.29, 1.82) is 0 Å². The summed E-state index contributed by atoms with van der Waals surface area (Å²) >= 11 is 0. The van der Waals surface area contributed by atoms with Crippen molar-refractivity contribution >= 4 is 84.1 Å². The van der Waals surface area contributed by atoms with Gasteiger partial charge in [0.1, 0.15) is 35.9 Å². The van der Waals surface area contributed by atoms with Gasteiger partial charge in [0.2, 0.25) is 23.6 Å². The van der Waals surface area contributed by atoms with Gasteiger partial charge in [0.25, 0.3) is 0 Å². The number of unbranched alkanes of at least 4 members (excludes halogenated alkanes) is 2. The topological polar surface area (TPSA) is 194 Å². The minimum Gasteiger partial charge on any atom is -0.494 e. The summed E-state index contributed by atoms with van der Waals surface area (Å²) in [6.45, 7) is 22.5. The molecular weight excluding hydrogens is 1180 g/mol. The molecule has 0 spiro atoms. The summed E-state index contributed by atoms with van der Waals surface area (Å²) in [7, 11) is 11.9. The molecule has 6 N–H and O–H groups in total. The summed E-state index contributed by atoms with van der Waals surface area (Å²) in [6, 6.07) is 17.8. The van der Waals surface area contributed by atoms with Crippen molar-refractivity contribution in [3.63, 3.8) is 0 Å². The van der Waals surface area contributed by atoms with Gasteiger partial charge in [0.15, 0.2) is 0 Å². The van der Waals surface area contributed by atoms with Crippen molar-refractivity contribution in [3.05, 3.63) is 76.9 Å². The van der Waals surface area contributed by atoms with Crippen LogP contribution in [0.3, 0.4) is 0 Å². The van der Waals surface area contributed by atoms with E-state index in [1.165, 1.54) is 48.3 Å². The number of hydrogen-bond donors (Lipinski definition) is 5. The Balaban J connectivity index is 0.000000215. The molecule has 2 saturated heterocycles. The summed E-state index contributed by atoms with van der Waals surface area (Å²) in [5.41, 5.74) is 13.3. The monoisotopic (exact) mass is 1290 g/mol. The van der Waals surface area contributed by atoms with E-state index in [0.29, 0.717) is 38.3 Å². The molecule has 2 fully saturated rings. The van der Waals surface area contributed by atoms with Crippen molar-refractivity contribution in [1.82, 2.24) is 21.3 Å². The van der Waals surface area contributed by atoms with Crippen molar-refractivity contribution in [2.75, 3.05) is 55.2 Å². The normalized spacial score (nSPS) is 23.6. The van der Waals surface area contributed by atoms with Crippen LogP contribution in [0.25, 0.3) is 0 Å². The Labute approximate surface area is 544 Å². The van der Waals surface area contributed by atoms with Gasteiger partial charge in [-0.05, 0) is 148 Å². The van der Waals surface area contributed by atoms with Crippen LogP contribution in [0.4, 0.5) is 11.4 Å². The molecule has 0 radical (unpaired) electrons. The molecule has 3 aromatic rings. The van der Waals surface area contributed by atoms with Gasteiger partial charge in [-0.3, -0.25) is 24.0 Å². The van der Waals surface area contributed by atoms with Gasteiger partial charge in [-0.25, -0.2) is 0 Å². The summed E-state index contributed by atoms with van der Waals surface area (Å²) < 4.78 is 17.4. The number of ether oxygens (including phenoxy) is 3. The molecule has 490 valence electrons. The lowest BCUT2D eigenvalue weighted by molar-refractivity contribution is -0.134. The van der Waals surface area contributed by atoms with E-state index < -0.39 is 6.04 Å². The van der Waals surface area contributed by atoms with Crippen LogP contribution in [0.2, 0.25) is 0 Å². The SMILES string of the molecule is CCCOc1ccc2c(c1)N(C)[C@@H](C(C)C)C(=O)N[C@H](CC)C2.CC[C@@H]1Cc2ccc(OC(=O)CCCCC3CCSS3)cc2C(N)[C@@H](C(C)C)C(=O)N1.CC[C@@H]1Cc2ccc(OCCNC(=O)CCCCC3CCSS3)cc2N(C)[C@@H](C(C)C)C(=O)N1. The molecule has 5 aliphatic heterocycles. The van der Waals surface area contributed by atoms with Crippen LogP contribution < -0.4 is 51.0 Å². The summed E-state index contributed by atoms with van der Waals surface area (Å²) in [6.07, 6.45) is 16.1. The van der Waals surface area contributed by atoms with Crippen LogP contribution in [-0.2, 0) is 43.2 Å². The summed E-state index contributed by atoms with van der Waals surface area (Å²) in [5.74, 6) is 5.05. The molecule has 3 aromatic carbocycles. The Morgan fingerprint density at radius 3 is 1.53 bits per heavy atom. The molecule has 5 heterocycles. The highest BCUT2D eigenvalue weighted by atomic mass is 33.1. The molecule has 0 aromatic heterocycles. The first kappa shape index (κ1) is 72.6. The molecule has 15 nitrogen and oxygen atoms in total. The largest absolute Gasteiger partial charge is 0.494 e. The molecule has 4 amide bonds. The molecule has 0 bridgehead atoms. The zero-order valence-corrected chi connectivity index (χ0v) is 58.3. The van der Waals surface area contributed by atoms with Gasteiger partial charge in [-0.1, -0.05) is 143 Å². The lowest BCUT2D eigenvalue weighted by atomic mass is 9.80. The number of nitrogens with zero attached hydrogens (tertiary/aromatic N) is 2. The molecule has 3 unspecified atom stereocenters. The molecule has 88 heavy (non-hydrogen) atoms. The fourth-order valence-electron chi connectivity index (χ4n) is 12.5. The van der Waals surface area contributed by atoms with Gasteiger partial charge in [0.05, 0.1) is 19.1 Å². The van der Waals surface area contributed by atoms with Crippen molar-refractivity contribution in [2.45, 2.75) is 225 Å². The predicted octanol–water partition coefficient (Wildman–Crippen LogP) is 13.2. The number of esters is 1. The average molecular weight is 1290 g/mol. The third-order valence-corrected chi connectivity index (χ3v) is 23.5. The first-order valence-corrected chi connectivity index (χ1v) is 37.8. The Bertz CT molecular complexity index is 2690. The maximum Gasteiger partial charge on any atom is 0.311 e. The third kappa shape index (κ3) is 21.9. The van der Waals surface area contributed by atoms with E-state index >= 15 is 0 Å². The van der Waals surface area contributed by atoms with Gasteiger partial charge in [-0.2, -0.15) is 0 Å². The highest BCUT2D eigenvalue weighted by Gasteiger charge is 2.36. The van der Waals surface area contributed by atoms with E-state index in [1.807, 2.05) is 108 Å². The molecule has 19 heteroatoms. The number of nitrogens with one attached hydrogen (secondary N) is 4. The number of likely N-dealkylation sites (N-methyl/N-ethyl adjacent to an activating group) is 2. The van der Waals surface area contributed by atoms with Crippen LogP contribution in [0.5, 0.6) is 17.2 Å². The van der Waals surface area contributed by atoms with E-state index in [2.05, 4.69) is 105 Å². The smallest absolute Gasteiger partial charge is 0.311 e. The fourth-order valence-corrected chi connectivity index (χ4v) is 18.5. The molecule has 5 aliphatic rings. The maximum atomic E-state index is 12.9. The number of hydrogen-bond acceptors (Lipinski definition) is 15. The van der Waals surface area contributed by atoms with Crippen LogP contribution in [0, 0.1) is 23.7 Å².